The smallest absolute Gasteiger partial charge is 0.423 e. The third-order valence-corrected chi connectivity index (χ3v) is 3.16. The normalized spacial score (nSPS) is 17.4. The molecule has 1 aromatic heterocycles. The number of nitrogens with zero attached hydrogens (tertiary/aromatic N) is 1. The van der Waals surface area contributed by atoms with E-state index in [2.05, 4.69) is 4.98 Å². The maximum Gasteiger partial charge on any atom is 0.490 e. The zero-order valence-corrected chi connectivity index (χ0v) is 9.52. The lowest BCUT2D eigenvalue weighted by Gasteiger charge is -2.23. The van der Waals surface area contributed by atoms with E-state index in [-0.39, 0.29) is 0 Å². The van der Waals surface area contributed by atoms with Crippen molar-refractivity contribution in [3.63, 3.8) is 0 Å². The summed E-state index contributed by atoms with van der Waals surface area (Å²) in [4.78, 5) is 3.98. The van der Waals surface area contributed by atoms with Crippen LogP contribution in [0.15, 0.2) is 12.3 Å². The van der Waals surface area contributed by atoms with Crippen molar-refractivity contribution in [3.05, 3.63) is 23.0 Å². The van der Waals surface area contributed by atoms with Crippen molar-refractivity contribution >= 4 is 24.2 Å². The Balaban J connectivity index is 2.27. The summed E-state index contributed by atoms with van der Waals surface area (Å²) in [5, 5.41) is 18.6. The van der Waals surface area contributed by atoms with Crippen LogP contribution in [0.2, 0.25) is 5.15 Å². The van der Waals surface area contributed by atoms with E-state index in [1.807, 2.05) is 0 Å². The molecule has 4 nitrogen and oxygen atoms in total. The average molecular weight is 241 g/mol. The maximum absolute atomic E-state index is 9.09. The van der Waals surface area contributed by atoms with Gasteiger partial charge < -0.3 is 14.8 Å². The third kappa shape index (κ3) is 2.55. The van der Waals surface area contributed by atoms with E-state index >= 15 is 0 Å². The fourth-order valence-corrected chi connectivity index (χ4v) is 2.18. The van der Waals surface area contributed by atoms with Crippen LogP contribution in [0.5, 0.6) is 0 Å². The minimum atomic E-state index is -1.50. The Bertz CT molecular complexity index is 369. The molecule has 1 aromatic rings. The lowest BCUT2D eigenvalue weighted by molar-refractivity contribution is 0.0853. The van der Waals surface area contributed by atoms with Gasteiger partial charge in [0.05, 0.1) is 0 Å². The van der Waals surface area contributed by atoms with Crippen LogP contribution in [0.1, 0.15) is 24.3 Å². The number of ether oxygens (including phenoxy) is 1. The molecule has 86 valence electrons. The largest absolute Gasteiger partial charge is 0.490 e. The number of hydrogen-bond donors (Lipinski definition) is 2. The van der Waals surface area contributed by atoms with Crippen LogP contribution >= 0.6 is 11.6 Å². The highest BCUT2D eigenvalue weighted by atomic mass is 35.5. The zero-order chi connectivity index (χ0) is 11.5. The molecule has 2 heterocycles. The molecule has 2 rings (SSSR count). The lowest BCUT2D eigenvalue weighted by atomic mass is 9.79. The van der Waals surface area contributed by atoms with Crippen LogP contribution in [0.3, 0.4) is 0 Å². The van der Waals surface area contributed by atoms with Crippen LogP contribution in [0.4, 0.5) is 0 Å². The van der Waals surface area contributed by atoms with Gasteiger partial charge in [-0.2, -0.15) is 0 Å². The number of halogens is 1. The Hall–Kier alpha value is -0.615. The van der Waals surface area contributed by atoms with Gasteiger partial charge in [-0.1, -0.05) is 17.7 Å². The van der Waals surface area contributed by atoms with Crippen molar-refractivity contribution in [2.75, 3.05) is 13.2 Å². The quantitative estimate of drug-likeness (QED) is 0.578. The molecule has 0 spiro atoms. The maximum atomic E-state index is 9.09. The first-order chi connectivity index (χ1) is 7.68. The molecule has 0 bridgehead atoms. The van der Waals surface area contributed by atoms with Crippen LogP contribution in [0.25, 0.3) is 0 Å². The van der Waals surface area contributed by atoms with Crippen molar-refractivity contribution in [2.24, 2.45) is 0 Å². The highest BCUT2D eigenvalue weighted by molar-refractivity contribution is 6.58. The standard InChI is InChI=1S/C10H13BClNO3/c12-10-9(7-1-3-16-4-2-7)5-8(6-13-10)11(14)15/h5-7,14-15H,1-4H2. The summed E-state index contributed by atoms with van der Waals surface area (Å²) in [6, 6.07) is 1.72. The second-order valence-electron chi connectivity index (χ2n) is 3.91. The van der Waals surface area contributed by atoms with E-state index in [9.17, 15) is 0 Å². The third-order valence-electron chi connectivity index (χ3n) is 2.85. The summed E-state index contributed by atoms with van der Waals surface area (Å²) in [7, 11) is -1.50. The minimum absolute atomic E-state index is 0.299. The van der Waals surface area contributed by atoms with Gasteiger partial charge in [0, 0.05) is 24.9 Å². The lowest BCUT2D eigenvalue weighted by Crippen LogP contribution is -2.31. The van der Waals surface area contributed by atoms with E-state index in [4.69, 9.17) is 26.4 Å². The summed E-state index contributed by atoms with van der Waals surface area (Å²) in [5.74, 6) is 0.299. The molecular formula is C10H13BClNO3. The van der Waals surface area contributed by atoms with E-state index < -0.39 is 7.12 Å². The highest BCUT2D eigenvalue weighted by Gasteiger charge is 2.21. The molecular weight excluding hydrogens is 228 g/mol. The summed E-state index contributed by atoms with van der Waals surface area (Å²) < 4.78 is 5.28. The van der Waals surface area contributed by atoms with Crippen LogP contribution in [-0.2, 0) is 4.74 Å². The van der Waals surface area contributed by atoms with Crippen molar-refractivity contribution in [3.8, 4) is 0 Å². The predicted molar refractivity (Wildman–Crippen MR) is 61.9 cm³/mol. The molecule has 1 fully saturated rings. The Morgan fingerprint density at radius 1 is 1.38 bits per heavy atom. The minimum Gasteiger partial charge on any atom is -0.423 e. The highest BCUT2D eigenvalue weighted by Crippen LogP contribution is 2.30. The molecule has 0 aromatic carbocycles. The van der Waals surface area contributed by atoms with Crippen LogP contribution in [-0.4, -0.2) is 35.4 Å². The summed E-state index contributed by atoms with van der Waals surface area (Å²) in [6.07, 6.45) is 3.18. The average Bonchev–Trinajstić information content (AvgIpc) is 2.30. The molecule has 2 N–H and O–H groups in total. The number of hydrogen-bond acceptors (Lipinski definition) is 4. The van der Waals surface area contributed by atoms with Crippen molar-refractivity contribution < 1.29 is 14.8 Å². The molecule has 0 unspecified atom stereocenters. The second-order valence-corrected chi connectivity index (χ2v) is 4.27. The molecule has 0 atom stereocenters. The Kier molecular flexibility index (Phi) is 3.81. The summed E-state index contributed by atoms with van der Waals surface area (Å²) in [6.45, 7) is 1.43. The first kappa shape index (κ1) is 11.9. The van der Waals surface area contributed by atoms with Gasteiger partial charge in [0.2, 0.25) is 0 Å². The fourth-order valence-electron chi connectivity index (χ4n) is 1.92. The van der Waals surface area contributed by atoms with Gasteiger partial charge >= 0.3 is 7.12 Å². The number of rotatable bonds is 2. The molecule has 0 saturated carbocycles. The molecule has 1 aliphatic rings. The SMILES string of the molecule is OB(O)c1cnc(Cl)c(C2CCOCC2)c1. The van der Waals surface area contributed by atoms with Crippen LogP contribution < -0.4 is 5.46 Å². The zero-order valence-electron chi connectivity index (χ0n) is 8.77. The van der Waals surface area contributed by atoms with Crippen LogP contribution in [0, 0.1) is 0 Å². The first-order valence-electron chi connectivity index (χ1n) is 5.27. The number of aromatic nitrogens is 1. The summed E-state index contributed by atoms with van der Waals surface area (Å²) >= 11 is 6.02. The van der Waals surface area contributed by atoms with Crippen molar-refractivity contribution in [1.29, 1.82) is 0 Å². The topological polar surface area (TPSA) is 62.6 Å². The molecule has 1 saturated heterocycles. The fraction of sp³-hybridized carbons (Fsp3) is 0.500. The van der Waals surface area contributed by atoms with Crippen molar-refractivity contribution in [2.45, 2.75) is 18.8 Å². The molecule has 1 aliphatic heterocycles. The van der Waals surface area contributed by atoms with E-state index in [1.165, 1.54) is 6.20 Å². The molecule has 16 heavy (non-hydrogen) atoms. The first-order valence-corrected chi connectivity index (χ1v) is 5.65. The van der Waals surface area contributed by atoms with Gasteiger partial charge in [-0.3, -0.25) is 0 Å². The Labute approximate surface area is 99.4 Å². The Morgan fingerprint density at radius 3 is 2.69 bits per heavy atom. The van der Waals surface area contributed by atoms with Gasteiger partial charge in [0.15, 0.2) is 0 Å². The summed E-state index contributed by atoms with van der Waals surface area (Å²) in [5.41, 5.74) is 1.27. The monoisotopic (exact) mass is 241 g/mol. The van der Waals surface area contributed by atoms with E-state index in [1.54, 1.807) is 6.07 Å². The molecule has 0 aliphatic carbocycles. The second kappa shape index (κ2) is 5.14. The van der Waals surface area contributed by atoms with Gasteiger partial charge in [-0.05, 0) is 24.3 Å². The number of pyridine rings is 1. The van der Waals surface area contributed by atoms with Gasteiger partial charge in [-0.15, -0.1) is 0 Å². The van der Waals surface area contributed by atoms with Gasteiger partial charge in [-0.25, -0.2) is 4.98 Å². The van der Waals surface area contributed by atoms with Crippen molar-refractivity contribution in [1.82, 2.24) is 4.98 Å². The molecule has 0 amide bonds. The van der Waals surface area contributed by atoms with E-state index in [0.717, 1.165) is 18.4 Å². The molecule has 6 heteroatoms. The van der Waals surface area contributed by atoms with Gasteiger partial charge in [0.25, 0.3) is 0 Å². The van der Waals surface area contributed by atoms with E-state index in [0.29, 0.717) is 29.7 Å². The van der Waals surface area contributed by atoms with Gasteiger partial charge in [0.1, 0.15) is 5.15 Å². The Morgan fingerprint density at radius 2 is 2.06 bits per heavy atom. The molecule has 0 radical (unpaired) electrons. The predicted octanol–water partition coefficient (Wildman–Crippen LogP) is 0.309.